The Hall–Kier alpha value is -1.99. The predicted molar refractivity (Wildman–Crippen MR) is 79.4 cm³/mol. The fourth-order valence-electron chi connectivity index (χ4n) is 2.39. The Balaban J connectivity index is 2.00. The number of anilines is 1. The van der Waals surface area contributed by atoms with Crippen LogP contribution in [0.2, 0.25) is 0 Å². The Morgan fingerprint density at radius 1 is 1.55 bits per heavy atom. The number of rotatable bonds is 1. The van der Waals surface area contributed by atoms with Gasteiger partial charge in [0.2, 0.25) is 0 Å². The number of carbonyl (C=O) groups excluding carboxylic acids is 1. The average Bonchev–Trinajstić information content (AvgIpc) is 2.45. The van der Waals surface area contributed by atoms with Gasteiger partial charge in [0.25, 0.3) is 0 Å². The summed E-state index contributed by atoms with van der Waals surface area (Å²) in [6.45, 7) is 3.64. The van der Waals surface area contributed by atoms with Crippen molar-refractivity contribution in [3.8, 4) is 11.8 Å². The molecule has 20 heavy (non-hydrogen) atoms. The molecule has 1 saturated heterocycles. The van der Waals surface area contributed by atoms with E-state index in [9.17, 15) is 4.79 Å². The number of likely N-dealkylation sites (tertiary alicyclic amines) is 1. The Bertz CT molecular complexity index is 531. The lowest BCUT2D eigenvalue weighted by Crippen LogP contribution is -2.41. The molecule has 0 aromatic heterocycles. The molecule has 2 amide bonds. The zero-order chi connectivity index (χ0) is 14.4. The van der Waals surface area contributed by atoms with Crippen LogP contribution in [0.1, 0.15) is 25.3 Å². The second-order valence-corrected chi connectivity index (χ2v) is 5.16. The van der Waals surface area contributed by atoms with Gasteiger partial charge >= 0.3 is 6.03 Å². The van der Waals surface area contributed by atoms with Crippen LogP contribution in [0.25, 0.3) is 0 Å². The Labute approximate surface area is 119 Å². The van der Waals surface area contributed by atoms with Gasteiger partial charge in [0.05, 0.1) is 0 Å². The summed E-state index contributed by atoms with van der Waals surface area (Å²) in [5, 5.41) is 11.6. The minimum Gasteiger partial charge on any atom is -0.384 e. The summed E-state index contributed by atoms with van der Waals surface area (Å²) in [5.74, 6) is 5.99. The van der Waals surface area contributed by atoms with E-state index in [1.807, 2.05) is 29.2 Å². The zero-order valence-corrected chi connectivity index (χ0v) is 11.7. The molecule has 1 aliphatic heterocycles. The van der Waals surface area contributed by atoms with Crippen molar-refractivity contribution in [1.29, 1.82) is 0 Å². The molecule has 1 aliphatic rings. The fourth-order valence-corrected chi connectivity index (χ4v) is 2.39. The quantitative estimate of drug-likeness (QED) is 0.771. The van der Waals surface area contributed by atoms with Crippen LogP contribution >= 0.6 is 0 Å². The lowest BCUT2D eigenvalue weighted by atomic mass is 10.0. The molecule has 106 valence electrons. The molecule has 0 spiro atoms. The van der Waals surface area contributed by atoms with Crippen LogP contribution in [0, 0.1) is 17.8 Å². The summed E-state index contributed by atoms with van der Waals surface area (Å²) >= 11 is 0. The number of hydrogen-bond donors (Lipinski definition) is 2. The van der Waals surface area contributed by atoms with Gasteiger partial charge in [-0.05, 0) is 37.0 Å². The SMILES string of the molecule is CC1CCCN(C(=O)Nc2cccc(C#CCO)c2)C1. The maximum absolute atomic E-state index is 12.2. The molecule has 2 rings (SSSR count). The number of carbonyl (C=O) groups is 1. The standard InChI is InChI=1S/C16H20N2O2/c1-13-5-3-9-18(12-13)16(20)17-15-8-2-6-14(11-15)7-4-10-19/h2,6,8,11,13,19H,3,5,9-10,12H2,1H3,(H,17,20). The third-order valence-electron chi connectivity index (χ3n) is 3.37. The largest absolute Gasteiger partial charge is 0.384 e. The van der Waals surface area contributed by atoms with Gasteiger partial charge in [0.1, 0.15) is 6.61 Å². The van der Waals surface area contributed by atoms with E-state index >= 15 is 0 Å². The second-order valence-electron chi connectivity index (χ2n) is 5.16. The molecule has 0 bridgehead atoms. The van der Waals surface area contributed by atoms with E-state index in [0.717, 1.165) is 30.8 Å². The van der Waals surface area contributed by atoms with Crippen LogP contribution in [0.15, 0.2) is 24.3 Å². The number of nitrogens with zero attached hydrogens (tertiary/aromatic N) is 1. The van der Waals surface area contributed by atoms with Crippen molar-refractivity contribution < 1.29 is 9.90 Å². The van der Waals surface area contributed by atoms with E-state index in [1.165, 1.54) is 6.42 Å². The normalized spacial score (nSPS) is 18.1. The fraction of sp³-hybridized carbons (Fsp3) is 0.438. The van der Waals surface area contributed by atoms with Gasteiger partial charge < -0.3 is 15.3 Å². The number of piperidine rings is 1. The van der Waals surface area contributed by atoms with Crippen molar-refractivity contribution in [2.45, 2.75) is 19.8 Å². The number of nitrogens with one attached hydrogen (secondary N) is 1. The van der Waals surface area contributed by atoms with Crippen molar-refractivity contribution >= 4 is 11.7 Å². The first-order chi connectivity index (χ1) is 9.69. The first kappa shape index (κ1) is 14.4. The molecule has 1 atom stereocenters. The number of amides is 2. The molecule has 1 fully saturated rings. The van der Waals surface area contributed by atoms with Crippen LogP contribution in [0.3, 0.4) is 0 Å². The number of benzene rings is 1. The highest BCUT2D eigenvalue weighted by atomic mass is 16.2. The van der Waals surface area contributed by atoms with E-state index in [0.29, 0.717) is 5.92 Å². The minimum atomic E-state index is -0.164. The summed E-state index contributed by atoms with van der Waals surface area (Å²) in [6.07, 6.45) is 2.26. The summed E-state index contributed by atoms with van der Waals surface area (Å²) in [5.41, 5.74) is 1.52. The van der Waals surface area contributed by atoms with Crippen molar-refractivity contribution in [2.24, 2.45) is 5.92 Å². The second kappa shape index (κ2) is 6.97. The lowest BCUT2D eigenvalue weighted by molar-refractivity contribution is 0.182. The van der Waals surface area contributed by atoms with Crippen LogP contribution in [0.4, 0.5) is 10.5 Å². The molecule has 0 radical (unpaired) electrons. The minimum absolute atomic E-state index is 0.0520. The topological polar surface area (TPSA) is 52.6 Å². The van der Waals surface area contributed by atoms with Gasteiger partial charge in [-0.1, -0.05) is 24.8 Å². The molecule has 1 unspecified atom stereocenters. The molecule has 4 heteroatoms. The average molecular weight is 272 g/mol. The molecule has 1 aromatic carbocycles. The predicted octanol–water partition coefficient (Wildman–Crippen LogP) is 2.29. The first-order valence-corrected chi connectivity index (χ1v) is 6.95. The maximum atomic E-state index is 12.2. The van der Waals surface area contributed by atoms with Crippen molar-refractivity contribution in [1.82, 2.24) is 4.90 Å². The summed E-state index contributed by atoms with van der Waals surface area (Å²) in [6, 6.07) is 7.30. The molecular formula is C16H20N2O2. The van der Waals surface area contributed by atoms with Crippen LogP contribution in [-0.4, -0.2) is 35.7 Å². The van der Waals surface area contributed by atoms with E-state index in [2.05, 4.69) is 24.1 Å². The van der Waals surface area contributed by atoms with E-state index in [-0.39, 0.29) is 12.6 Å². The molecule has 0 saturated carbocycles. The summed E-state index contributed by atoms with van der Waals surface area (Å²) < 4.78 is 0. The molecule has 2 N–H and O–H groups in total. The van der Waals surface area contributed by atoms with Gasteiger partial charge in [0, 0.05) is 24.3 Å². The Morgan fingerprint density at radius 3 is 3.15 bits per heavy atom. The van der Waals surface area contributed by atoms with Crippen LogP contribution in [-0.2, 0) is 0 Å². The number of aliphatic hydroxyl groups is 1. The van der Waals surface area contributed by atoms with E-state index < -0.39 is 0 Å². The van der Waals surface area contributed by atoms with Gasteiger partial charge in [-0.25, -0.2) is 4.79 Å². The third kappa shape index (κ3) is 4.01. The smallest absolute Gasteiger partial charge is 0.321 e. The van der Waals surface area contributed by atoms with Gasteiger partial charge in [-0.3, -0.25) is 0 Å². The monoisotopic (exact) mass is 272 g/mol. The van der Waals surface area contributed by atoms with E-state index in [4.69, 9.17) is 5.11 Å². The van der Waals surface area contributed by atoms with Crippen molar-refractivity contribution in [2.75, 3.05) is 25.0 Å². The van der Waals surface area contributed by atoms with Gasteiger partial charge in [-0.15, -0.1) is 0 Å². The molecule has 0 aliphatic carbocycles. The van der Waals surface area contributed by atoms with Crippen molar-refractivity contribution in [3.05, 3.63) is 29.8 Å². The van der Waals surface area contributed by atoms with Crippen LogP contribution < -0.4 is 5.32 Å². The molecule has 1 heterocycles. The highest BCUT2D eigenvalue weighted by Crippen LogP contribution is 2.17. The molecular weight excluding hydrogens is 252 g/mol. The summed E-state index contributed by atoms with van der Waals surface area (Å²) in [7, 11) is 0. The summed E-state index contributed by atoms with van der Waals surface area (Å²) in [4.78, 5) is 14.0. The van der Waals surface area contributed by atoms with E-state index in [1.54, 1.807) is 0 Å². The molecule has 1 aromatic rings. The Kier molecular flexibility index (Phi) is 5.03. The highest BCUT2D eigenvalue weighted by molar-refractivity contribution is 5.89. The van der Waals surface area contributed by atoms with Crippen LogP contribution in [0.5, 0.6) is 0 Å². The molecule has 4 nitrogen and oxygen atoms in total. The zero-order valence-electron chi connectivity index (χ0n) is 11.7. The number of urea groups is 1. The number of aliphatic hydroxyl groups excluding tert-OH is 1. The lowest BCUT2D eigenvalue weighted by Gasteiger charge is -2.30. The van der Waals surface area contributed by atoms with Gasteiger partial charge in [-0.2, -0.15) is 0 Å². The highest BCUT2D eigenvalue weighted by Gasteiger charge is 2.20. The van der Waals surface area contributed by atoms with Crippen molar-refractivity contribution in [3.63, 3.8) is 0 Å². The first-order valence-electron chi connectivity index (χ1n) is 6.95. The maximum Gasteiger partial charge on any atom is 0.321 e. The number of hydrogen-bond acceptors (Lipinski definition) is 2. The van der Waals surface area contributed by atoms with Gasteiger partial charge in [0.15, 0.2) is 0 Å². The third-order valence-corrected chi connectivity index (χ3v) is 3.37. The Morgan fingerprint density at radius 2 is 2.40 bits per heavy atom.